The SMILES string of the molecule is CCCC1CCC(O)(C2CCOCC2)CC1. The summed E-state index contributed by atoms with van der Waals surface area (Å²) in [6.07, 6.45) is 9.31. The fourth-order valence-corrected chi connectivity index (χ4v) is 3.52. The molecule has 2 heteroatoms. The molecule has 0 aromatic heterocycles. The zero-order valence-electron chi connectivity index (χ0n) is 10.6. The summed E-state index contributed by atoms with van der Waals surface area (Å²) in [6, 6.07) is 0. The minimum Gasteiger partial charge on any atom is -0.390 e. The summed E-state index contributed by atoms with van der Waals surface area (Å²) in [4.78, 5) is 0. The third-order valence-corrected chi connectivity index (χ3v) is 4.65. The van der Waals surface area contributed by atoms with Crippen LogP contribution in [0.25, 0.3) is 0 Å². The van der Waals surface area contributed by atoms with Crippen molar-refractivity contribution in [2.45, 2.75) is 63.9 Å². The quantitative estimate of drug-likeness (QED) is 0.801. The minimum absolute atomic E-state index is 0.353. The van der Waals surface area contributed by atoms with E-state index in [9.17, 15) is 5.11 Å². The van der Waals surface area contributed by atoms with E-state index in [-0.39, 0.29) is 5.60 Å². The Labute approximate surface area is 99.4 Å². The van der Waals surface area contributed by atoms with Crippen LogP contribution >= 0.6 is 0 Å². The van der Waals surface area contributed by atoms with Crippen molar-refractivity contribution in [2.24, 2.45) is 11.8 Å². The Bertz CT molecular complexity index is 201. The van der Waals surface area contributed by atoms with Gasteiger partial charge in [-0.15, -0.1) is 0 Å². The molecule has 0 spiro atoms. The van der Waals surface area contributed by atoms with Crippen molar-refractivity contribution in [2.75, 3.05) is 13.2 Å². The van der Waals surface area contributed by atoms with Gasteiger partial charge in [0.25, 0.3) is 0 Å². The van der Waals surface area contributed by atoms with Crippen molar-refractivity contribution in [3.8, 4) is 0 Å². The lowest BCUT2D eigenvalue weighted by Crippen LogP contribution is -2.43. The average Bonchev–Trinajstić information content (AvgIpc) is 2.34. The lowest BCUT2D eigenvalue weighted by molar-refractivity contribution is -0.0936. The van der Waals surface area contributed by atoms with E-state index in [1.807, 2.05) is 0 Å². The highest BCUT2D eigenvalue weighted by atomic mass is 16.5. The van der Waals surface area contributed by atoms with E-state index in [0.717, 1.165) is 44.8 Å². The Kier molecular flexibility index (Phi) is 4.26. The highest BCUT2D eigenvalue weighted by Crippen LogP contribution is 2.41. The van der Waals surface area contributed by atoms with Crippen LogP contribution in [0.1, 0.15) is 58.3 Å². The van der Waals surface area contributed by atoms with Gasteiger partial charge in [0.05, 0.1) is 5.60 Å². The molecule has 0 aromatic rings. The molecule has 0 bridgehead atoms. The van der Waals surface area contributed by atoms with E-state index in [1.54, 1.807) is 0 Å². The first kappa shape index (κ1) is 12.4. The lowest BCUT2D eigenvalue weighted by atomic mass is 9.69. The molecular weight excluding hydrogens is 200 g/mol. The van der Waals surface area contributed by atoms with Gasteiger partial charge in [-0.2, -0.15) is 0 Å². The van der Waals surface area contributed by atoms with E-state index in [1.165, 1.54) is 25.7 Å². The summed E-state index contributed by atoms with van der Waals surface area (Å²) < 4.78 is 5.38. The normalized spacial score (nSPS) is 37.5. The second-order valence-electron chi connectivity index (χ2n) is 5.72. The van der Waals surface area contributed by atoms with Crippen LogP contribution in [0.4, 0.5) is 0 Å². The van der Waals surface area contributed by atoms with E-state index < -0.39 is 0 Å². The average molecular weight is 226 g/mol. The van der Waals surface area contributed by atoms with Gasteiger partial charge < -0.3 is 9.84 Å². The minimum atomic E-state index is -0.353. The van der Waals surface area contributed by atoms with Crippen molar-refractivity contribution in [1.82, 2.24) is 0 Å². The Hall–Kier alpha value is -0.0800. The van der Waals surface area contributed by atoms with Gasteiger partial charge >= 0.3 is 0 Å². The number of ether oxygens (including phenoxy) is 1. The second-order valence-corrected chi connectivity index (χ2v) is 5.72. The molecule has 1 aliphatic heterocycles. The highest BCUT2D eigenvalue weighted by molar-refractivity contribution is 4.91. The molecule has 2 rings (SSSR count). The number of hydrogen-bond acceptors (Lipinski definition) is 2. The van der Waals surface area contributed by atoms with Gasteiger partial charge in [0.1, 0.15) is 0 Å². The molecule has 94 valence electrons. The molecule has 0 unspecified atom stereocenters. The van der Waals surface area contributed by atoms with Crippen molar-refractivity contribution in [1.29, 1.82) is 0 Å². The van der Waals surface area contributed by atoms with Gasteiger partial charge in [-0.1, -0.05) is 19.8 Å². The summed E-state index contributed by atoms with van der Waals surface area (Å²) in [5.74, 6) is 1.38. The van der Waals surface area contributed by atoms with Crippen molar-refractivity contribution in [3.63, 3.8) is 0 Å². The summed E-state index contributed by atoms with van der Waals surface area (Å²) in [5, 5.41) is 10.7. The summed E-state index contributed by atoms with van der Waals surface area (Å²) in [7, 11) is 0. The number of hydrogen-bond donors (Lipinski definition) is 1. The molecule has 0 aromatic carbocycles. The van der Waals surface area contributed by atoms with E-state index in [0.29, 0.717) is 5.92 Å². The molecule has 0 amide bonds. The third-order valence-electron chi connectivity index (χ3n) is 4.65. The highest BCUT2D eigenvalue weighted by Gasteiger charge is 2.40. The zero-order chi connectivity index (χ0) is 11.4. The summed E-state index contributed by atoms with van der Waals surface area (Å²) in [6.45, 7) is 3.97. The van der Waals surface area contributed by atoms with Crippen LogP contribution in [-0.2, 0) is 4.74 Å². The molecule has 0 radical (unpaired) electrons. The van der Waals surface area contributed by atoms with Crippen LogP contribution in [0.5, 0.6) is 0 Å². The van der Waals surface area contributed by atoms with Gasteiger partial charge in [0.2, 0.25) is 0 Å². The molecule has 1 aliphatic carbocycles. The lowest BCUT2D eigenvalue weighted by Gasteiger charge is -2.43. The van der Waals surface area contributed by atoms with E-state index >= 15 is 0 Å². The Morgan fingerprint density at radius 2 is 1.75 bits per heavy atom. The standard InChI is InChI=1S/C14H26O2/c1-2-3-12-4-8-14(15,9-5-12)13-6-10-16-11-7-13/h12-13,15H,2-11H2,1H3. The van der Waals surface area contributed by atoms with Crippen LogP contribution in [0, 0.1) is 11.8 Å². The predicted octanol–water partition coefficient (Wildman–Crippen LogP) is 3.13. The van der Waals surface area contributed by atoms with Crippen molar-refractivity contribution >= 4 is 0 Å². The zero-order valence-corrected chi connectivity index (χ0v) is 10.6. The maximum atomic E-state index is 10.7. The fraction of sp³-hybridized carbons (Fsp3) is 1.00. The molecule has 1 N–H and O–H groups in total. The first-order valence-electron chi connectivity index (χ1n) is 7.05. The van der Waals surface area contributed by atoms with Gasteiger partial charge in [-0.05, 0) is 50.4 Å². The van der Waals surface area contributed by atoms with Crippen molar-refractivity contribution < 1.29 is 9.84 Å². The molecule has 16 heavy (non-hydrogen) atoms. The van der Waals surface area contributed by atoms with Gasteiger partial charge in [0, 0.05) is 13.2 Å². The topological polar surface area (TPSA) is 29.5 Å². The Morgan fingerprint density at radius 3 is 2.31 bits per heavy atom. The molecule has 1 heterocycles. The van der Waals surface area contributed by atoms with E-state index in [2.05, 4.69) is 6.92 Å². The fourth-order valence-electron chi connectivity index (χ4n) is 3.52. The first-order chi connectivity index (χ1) is 7.74. The molecule has 2 nitrogen and oxygen atoms in total. The van der Waals surface area contributed by atoms with Gasteiger partial charge in [-0.25, -0.2) is 0 Å². The monoisotopic (exact) mass is 226 g/mol. The van der Waals surface area contributed by atoms with Crippen LogP contribution in [-0.4, -0.2) is 23.9 Å². The smallest absolute Gasteiger partial charge is 0.0677 e. The Balaban J connectivity index is 1.84. The van der Waals surface area contributed by atoms with Crippen molar-refractivity contribution in [3.05, 3.63) is 0 Å². The number of rotatable bonds is 3. The summed E-state index contributed by atoms with van der Waals surface area (Å²) in [5.41, 5.74) is -0.353. The molecule has 0 atom stereocenters. The van der Waals surface area contributed by atoms with Crippen LogP contribution in [0.15, 0.2) is 0 Å². The first-order valence-corrected chi connectivity index (χ1v) is 7.05. The molecule has 1 saturated carbocycles. The van der Waals surface area contributed by atoms with Crippen LogP contribution in [0.3, 0.4) is 0 Å². The maximum absolute atomic E-state index is 10.7. The van der Waals surface area contributed by atoms with E-state index in [4.69, 9.17) is 4.74 Å². The van der Waals surface area contributed by atoms with Gasteiger partial charge in [-0.3, -0.25) is 0 Å². The summed E-state index contributed by atoms with van der Waals surface area (Å²) >= 11 is 0. The number of aliphatic hydroxyl groups is 1. The Morgan fingerprint density at radius 1 is 1.12 bits per heavy atom. The van der Waals surface area contributed by atoms with Crippen LogP contribution in [0.2, 0.25) is 0 Å². The molecule has 1 saturated heterocycles. The largest absolute Gasteiger partial charge is 0.390 e. The molecule has 2 fully saturated rings. The maximum Gasteiger partial charge on any atom is 0.0677 e. The van der Waals surface area contributed by atoms with Gasteiger partial charge in [0.15, 0.2) is 0 Å². The van der Waals surface area contributed by atoms with Crippen LogP contribution < -0.4 is 0 Å². The third kappa shape index (κ3) is 2.78. The second kappa shape index (κ2) is 5.50. The molecular formula is C14H26O2. The molecule has 2 aliphatic rings. The predicted molar refractivity (Wildman–Crippen MR) is 65.4 cm³/mol.